The van der Waals surface area contributed by atoms with Crippen LogP contribution < -0.4 is 0 Å². The lowest BCUT2D eigenvalue weighted by Crippen LogP contribution is -2.35. The highest BCUT2D eigenvalue weighted by Gasteiger charge is 2.13. The van der Waals surface area contributed by atoms with Gasteiger partial charge in [0.1, 0.15) is 18.1 Å². The lowest BCUT2D eigenvalue weighted by atomic mass is 10.3. The van der Waals surface area contributed by atoms with Crippen LogP contribution in [0.4, 0.5) is 0 Å². The van der Waals surface area contributed by atoms with Crippen molar-refractivity contribution in [3.8, 4) is 0 Å². The van der Waals surface area contributed by atoms with E-state index >= 15 is 0 Å². The molecule has 0 aromatic carbocycles. The van der Waals surface area contributed by atoms with Gasteiger partial charge >= 0.3 is 5.97 Å². The SMILES string of the molecule is CCOC(=O)CN(CC)C(=O)/C=C/c1ccc(C)o1. The van der Waals surface area contributed by atoms with Gasteiger partial charge in [0.25, 0.3) is 0 Å². The van der Waals surface area contributed by atoms with E-state index in [1.807, 2.05) is 19.9 Å². The average Bonchev–Trinajstić information content (AvgIpc) is 2.79. The molecule has 104 valence electrons. The Labute approximate surface area is 112 Å². The molecule has 0 spiro atoms. The van der Waals surface area contributed by atoms with E-state index in [1.54, 1.807) is 19.1 Å². The minimum atomic E-state index is -0.403. The fraction of sp³-hybridized carbons (Fsp3) is 0.429. The van der Waals surface area contributed by atoms with E-state index in [1.165, 1.54) is 11.0 Å². The lowest BCUT2D eigenvalue weighted by molar-refractivity contribution is -0.147. The van der Waals surface area contributed by atoms with Crippen molar-refractivity contribution in [3.63, 3.8) is 0 Å². The zero-order valence-corrected chi connectivity index (χ0v) is 11.5. The average molecular weight is 265 g/mol. The topological polar surface area (TPSA) is 59.8 Å². The summed E-state index contributed by atoms with van der Waals surface area (Å²) in [4.78, 5) is 24.6. The molecule has 0 aliphatic heterocycles. The van der Waals surface area contributed by atoms with Gasteiger partial charge in [-0.05, 0) is 39.0 Å². The van der Waals surface area contributed by atoms with Gasteiger partial charge in [0.2, 0.25) is 5.91 Å². The van der Waals surface area contributed by atoms with Gasteiger partial charge in [0.05, 0.1) is 6.61 Å². The Balaban J connectivity index is 2.58. The molecule has 0 unspecified atom stereocenters. The minimum absolute atomic E-state index is 0.0370. The maximum absolute atomic E-state index is 11.9. The second-order valence-corrected chi connectivity index (χ2v) is 3.94. The van der Waals surface area contributed by atoms with Gasteiger partial charge < -0.3 is 14.1 Å². The molecule has 0 atom stereocenters. The van der Waals surface area contributed by atoms with Crippen molar-refractivity contribution in [2.45, 2.75) is 20.8 Å². The summed E-state index contributed by atoms with van der Waals surface area (Å²) in [6.07, 6.45) is 2.98. The molecule has 0 aliphatic rings. The monoisotopic (exact) mass is 265 g/mol. The zero-order chi connectivity index (χ0) is 14.3. The number of hydrogen-bond acceptors (Lipinski definition) is 4. The summed E-state index contributed by atoms with van der Waals surface area (Å²) in [6, 6.07) is 3.60. The van der Waals surface area contributed by atoms with Crippen molar-refractivity contribution < 1.29 is 18.7 Å². The smallest absolute Gasteiger partial charge is 0.325 e. The first-order valence-corrected chi connectivity index (χ1v) is 6.25. The van der Waals surface area contributed by atoms with Crippen LogP contribution in [-0.4, -0.2) is 36.5 Å². The second kappa shape index (κ2) is 7.41. The maximum atomic E-state index is 11.9. The fourth-order valence-electron chi connectivity index (χ4n) is 1.51. The van der Waals surface area contributed by atoms with E-state index in [0.29, 0.717) is 18.9 Å². The van der Waals surface area contributed by atoms with Crippen molar-refractivity contribution in [1.82, 2.24) is 4.90 Å². The summed E-state index contributed by atoms with van der Waals surface area (Å²) < 4.78 is 10.1. The van der Waals surface area contributed by atoms with Gasteiger partial charge in [-0.1, -0.05) is 0 Å². The van der Waals surface area contributed by atoms with Crippen LogP contribution >= 0.6 is 0 Å². The zero-order valence-electron chi connectivity index (χ0n) is 11.5. The highest BCUT2D eigenvalue weighted by atomic mass is 16.5. The Morgan fingerprint density at radius 2 is 2.11 bits per heavy atom. The molecule has 0 bridgehead atoms. The fourth-order valence-corrected chi connectivity index (χ4v) is 1.51. The summed E-state index contributed by atoms with van der Waals surface area (Å²) in [5, 5.41) is 0. The van der Waals surface area contributed by atoms with Gasteiger partial charge in [0, 0.05) is 12.6 Å². The number of aryl methyl sites for hydroxylation is 1. The Hall–Kier alpha value is -2.04. The molecule has 19 heavy (non-hydrogen) atoms. The Kier molecular flexibility index (Phi) is 5.85. The molecule has 0 aliphatic carbocycles. The number of esters is 1. The lowest BCUT2D eigenvalue weighted by Gasteiger charge is -2.17. The number of hydrogen-bond donors (Lipinski definition) is 0. The molecule has 5 nitrogen and oxygen atoms in total. The second-order valence-electron chi connectivity index (χ2n) is 3.94. The van der Waals surface area contributed by atoms with E-state index in [9.17, 15) is 9.59 Å². The molecule has 1 rings (SSSR count). The Morgan fingerprint density at radius 1 is 1.37 bits per heavy atom. The van der Waals surface area contributed by atoms with Gasteiger partial charge in [-0.2, -0.15) is 0 Å². The summed E-state index contributed by atoms with van der Waals surface area (Å²) in [5.41, 5.74) is 0. The largest absolute Gasteiger partial charge is 0.465 e. The van der Waals surface area contributed by atoms with Crippen LogP contribution in [0.2, 0.25) is 0 Å². The van der Waals surface area contributed by atoms with Gasteiger partial charge in [-0.3, -0.25) is 9.59 Å². The summed E-state index contributed by atoms with van der Waals surface area (Å²) >= 11 is 0. The van der Waals surface area contributed by atoms with Crippen LogP contribution in [0, 0.1) is 6.92 Å². The summed E-state index contributed by atoms with van der Waals surface area (Å²) in [6.45, 7) is 6.09. The predicted octanol–water partition coefficient (Wildman–Crippen LogP) is 2.01. The molecule has 0 saturated heterocycles. The van der Waals surface area contributed by atoms with Crippen molar-refractivity contribution in [2.24, 2.45) is 0 Å². The van der Waals surface area contributed by atoms with Gasteiger partial charge in [0.15, 0.2) is 0 Å². The number of likely N-dealkylation sites (N-methyl/N-ethyl adjacent to an activating group) is 1. The molecule has 1 heterocycles. The molecule has 0 radical (unpaired) electrons. The van der Waals surface area contributed by atoms with Crippen LogP contribution in [0.25, 0.3) is 6.08 Å². The number of rotatable bonds is 6. The normalized spacial score (nSPS) is 10.7. The van der Waals surface area contributed by atoms with Crippen LogP contribution in [0.5, 0.6) is 0 Å². The standard InChI is InChI=1S/C14H19NO4/c1-4-15(10-14(17)18-5-2)13(16)9-8-12-7-6-11(3)19-12/h6-9H,4-5,10H2,1-3H3/b9-8+. The quantitative estimate of drug-likeness (QED) is 0.583. The van der Waals surface area contributed by atoms with E-state index in [0.717, 1.165) is 5.76 Å². The summed E-state index contributed by atoms with van der Waals surface area (Å²) in [7, 11) is 0. The molecule has 5 heteroatoms. The third-order valence-corrected chi connectivity index (χ3v) is 2.47. The first-order valence-electron chi connectivity index (χ1n) is 6.25. The molecule has 1 aromatic rings. The molecular formula is C14H19NO4. The third kappa shape index (κ3) is 4.99. The maximum Gasteiger partial charge on any atom is 0.325 e. The highest BCUT2D eigenvalue weighted by molar-refractivity contribution is 5.93. The molecule has 0 fully saturated rings. The van der Waals surface area contributed by atoms with Gasteiger partial charge in [-0.15, -0.1) is 0 Å². The number of ether oxygens (including phenoxy) is 1. The van der Waals surface area contributed by atoms with E-state index < -0.39 is 5.97 Å². The van der Waals surface area contributed by atoms with Crippen molar-refractivity contribution in [3.05, 3.63) is 29.7 Å². The van der Waals surface area contributed by atoms with Gasteiger partial charge in [-0.25, -0.2) is 0 Å². The van der Waals surface area contributed by atoms with Crippen molar-refractivity contribution >= 4 is 18.0 Å². The number of nitrogens with zero attached hydrogens (tertiary/aromatic N) is 1. The summed E-state index contributed by atoms with van der Waals surface area (Å²) in [5.74, 6) is 0.744. The van der Waals surface area contributed by atoms with E-state index in [2.05, 4.69) is 0 Å². The van der Waals surface area contributed by atoms with E-state index in [4.69, 9.17) is 9.15 Å². The molecule has 0 saturated carbocycles. The molecule has 1 aromatic heterocycles. The minimum Gasteiger partial charge on any atom is -0.465 e. The van der Waals surface area contributed by atoms with E-state index in [-0.39, 0.29) is 12.5 Å². The predicted molar refractivity (Wildman–Crippen MR) is 71.4 cm³/mol. The number of carbonyl (C=O) groups is 2. The van der Waals surface area contributed by atoms with Crippen molar-refractivity contribution in [1.29, 1.82) is 0 Å². The first-order chi connectivity index (χ1) is 9.06. The Morgan fingerprint density at radius 3 is 2.63 bits per heavy atom. The Bertz CT molecular complexity index is 462. The number of carbonyl (C=O) groups excluding carboxylic acids is 2. The highest BCUT2D eigenvalue weighted by Crippen LogP contribution is 2.08. The third-order valence-electron chi connectivity index (χ3n) is 2.47. The molecule has 0 N–H and O–H groups in total. The number of furan rings is 1. The van der Waals surface area contributed by atoms with Crippen LogP contribution in [0.1, 0.15) is 25.4 Å². The van der Waals surface area contributed by atoms with Crippen LogP contribution in [0.3, 0.4) is 0 Å². The van der Waals surface area contributed by atoms with Crippen LogP contribution in [-0.2, 0) is 14.3 Å². The number of amides is 1. The first kappa shape index (κ1) is 15.0. The molecule has 1 amide bonds. The molecular weight excluding hydrogens is 246 g/mol. The van der Waals surface area contributed by atoms with Crippen LogP contribution in [0.15, 0.2) is 22.6 Å². The van der Waals surface area contributed by atoms with Crippen molar-refractivity contribution in [2.75, 3.05) is 19.7 Å².